The van der Waals surface area contributed by atoms with Gasteiger partial charge >= 0.3 is 0 Å². The highest BCUT2D eigenvalue weighted by Crippen LogP contribution is 2.23. The van der Waals surface area contributed by atoms with E-state index in [1.54, 1.807) is 12.3 Å². The zero-order valence-corrected chi connectivity index (χ0v) is 12.0. The Bertz CT molecular complexity index is 354. The van der Waals surface area contributed by atoms with Crippen molar-refractivity contribution in [1.82, 2.24) is 9.88 Å². The Hall–Kier alpha value is -0.510. The maximum Gasteiger partial charge on any atom is 0.145 e. The van der Waals surface area contributed by atoms with E-state index in [-0.39, 0.29) is 0 Å². The molecule has 1 unspecified atom stereocenters. The van der Waals surface area contributed by atoms with E-state index in [4.69, 9.17) is 23.2 Å². The molecule has 0 spiro atoms. The molecule has 0 aliphatic carbocycles. The standard InChI is InChI=1S/C12H19Cl2N3/c1-4-17(5-2)8-9(3)16-12-11(14)6-10(13)7-15-12/h6-7,9H,4-5,8H2,1-3H3,(H,15,16). The normalized spacial score (nSPS) is 12.8. The van der Waals surface area contributed by atoms with Gasteiger partial charge in [0.25, 0.3) is 0 Å². The molecule has 0 fully saturated rings. The molecule has 0 aliphatic heterocycles. The third kappa shape index (κ3) is 4.70. The van der Waals surface area contributed by atoms with E-state index in [1.807, 2.05) is 0 Å². The lowest BCUT2D eigenvalue weighted by Gasteiger charge is -2.24. The summed E-state index contributed by atoms with van der Waals surface area (Å²) in [6, 6.07) is 1.99. The number of halogens is 2. The summed E-state index contributed by atoms with van der Waals surface area (Å²) in [6.07, 6.45) is 1.60. The third-order valence-electron chi connectivity index (χ3n) is 2.62. The van der Waals surface area contributed by atoms with Crippen molar-refractivity contribution < 1.29 is 0 Å². The van der Waals surface area contributed by atoms with Crippen LogP contribution in [0.15, 0.2) is 12.3 Å². The van der Waals surface area contributed by atoms with E-state index in [1.165, 1.54) is 0 Å². The lowest BCUT2D eigenvalue weighted by Crippen LogP contribution is -2.35. The van der Waals surface area contributed by atoms with E-state index >= 15 is 0 Å². The van der Waals surface area contributed by atoms with Crippen molar-refractivity contribution >= 4 is 29.0 Å². The summed E-state index contributed by atoms with van der Waals surface area (Å²) < 4.78 is 0. The minimum Gasteiger partial charge on any atom is -0.365 e. The summed E-state index contributed by atoms with van der Waals surface area (Å²) >= 11 is 11.9. The molecule has 96 valence electrons. The van der Waals surface area contributed by atoms with Crippen molar-refractivity contribution in [1.29, 1.82) is 0 Å². The van der Waals surface area contributed by atoms with Crippen LogP contribution in [0.2, 0.25) is 10.0 Å². The number of hydrogen-bond acceptors (Lipinski definition) is 3. The van der Waals surface area contributed by atoms with Crippen LogP contribution >= 0.6 is 23.2 Å². The minimum absolute atomic E-state index is 0.293. The average Bonchev–Trinajstić information content (AvgIpc) is 2.29. The van der Waals surface area contributed by atoms with Gasteiger partial charge in [0.2, 0.25) is 0 Å². The fourth-order valence-electron chi connectivity index (χ4n) is 1.67. The van der Waals surface area contributed by atoms with Crippen LogP contribution in [-0.4, -0.2) is 35.6 Å². The van der Waals surface area contributed by atoms with E-state index in [0.717, 1.165) is 19.6 Å². The first-order valence-corrected chi connectivity index (χ1v) is 6.62. The Labute approximate surface area is 113 Å². The number of likely N-dealkylation sites (N-methyl/N-ethyl adjacent to an activating group) is 1. The van der Waals surface area contributed by atoms with Crippen LogP contribution in [0.1, 0.15) is 20.8 Å². The second-order valence-corrected chi connectivity index (χ2v) is 4.86. The summed E-state index contributed by atoms with van der Waals surface area (Å²) in [5.41, 5.74) is 0. The zero-order chi connectivity index (χ0) is 12.8. The Morgan fingerprint density at radius 2 is 2.00 bits per heavy atom. The van der Waals surface area contributed by atoms with Crippen LogP contribution in [0.4, 0.5) is 5.82 Å². The third-order valence-corrected chi connectivity index (χ3v) is 3.11. The first-order chi connectivity index (χ1) is 8.06. The van der Waals surface area contributed by atoms with Gasteiger partial charge in [0.1, 0.15) is 5.82 Å². The Balaban J connectivity index is 2.58. The molecule has 1 N–H and O–H groups in total. The number of nitrogens with zero attached hydrogens (tertiary/aromatic N) is 2. The van der Waals surface area contributed by atoms with Crippen molar-refractivity contribution in [2.24, 2.45) is 0 Å². The molecule has 0 radical (unpaired) electrons. The molecular weight excluding hydrogens is 257 g/mol. The summed E-state index contributed by atoms with van der Waals surface area (Å²) in [4.78, 5) is 6.53. The van der Waals surface area contributed by atoms with Crippen molar-refractivity contribution in [2.75, 3.05) is 25.0 Å². The van der Waals surface area contributed by atoms with Crippen molar-refractivity contribution in [2.45, 2.75) is 26.8 Å². The molecule has 1 aromatic rings. The van der Waals surface area contributed by atoms with Gasteiger partial charge in [0.15, 0.2) is 0 Å². The summed E-state index contributed by atoms with van der Waals surface area (Å²) in [5.74, 6) is 0.690. The lowest BCUT2D eigenvalue weighted by atomic mass is 10.3. The van der Waals surface area contributed by atoms with Gasteiger partial charge in [-0.1, -0.05) is 37.0 Å². The van der Waals surface area contributed by atoms with E-state index in [0.29, 0.717) is 21.9 Å². The average molecular weight is 276 g/mol. The number of rotatable bonds is 6. The van der Waals surface area contributed by atoms with Gasteiger partial charge in [-0.25, -0.2) is 4.98 Å². The number of anilines is 1. The van der Waals surface area contributed by atoms with Gasteiger partial charge in [-0.15, -0.1) is 0 Å². The number of aromatic nitrogens is 1. The lowest BCUT2D eigenvalue weighted by molar-refractivity contribution is 0.294. The van der Waals surface area contributed by atoms with Crippen molar-refractivity contribution in [3.05, 3.63) is 22.3 Å². The Morgan fingerprint density at radius 3 is 2.53 bits per heavy atom. The smallest absolute Gasteiger partial charge is 0.145 e. The number of pyridine rings is 1. The molecule has 5 heteroatoms. The molecule has 3 nitrogen and oxygen atoms in total. The highest BCUT2D eigenvalue weighted by atomic mass is 35.5. The highest BCUT2D eigenvalue weighted by molar-refractivity contribution is 6.35. The first kappa shape index (κ1) is 14.6. The molecule has 0 aliphatic rings. The van der Waals surface area contributed by atoms with Crippen LogP contribution in [-0.2, 0) is 0 Å². The predicted molar refractivity (Wildman–Crippen MR) is 75.1 cm³/mol. The van der Waals surface area contributed by atoms with Crippen LogP contribution in [0.3, 0.4) is 0 Å². The fraction of sp³-hybridized carbons (Fsp3) is 0.583. The molecule has 1 rings (SSSR count). The maximum absolute atomic E-state index is 6.05. The highest BCUT2D eigenvalue weighted by Gasteiger charge is 2.09. The molecule has 1 atom stereocenters. The molecule has 0 amide bonds. The van der Waals surface area contributed by atoms with Crippen LogP contribution in [0.5, 0.6) is 0 Å². The second kappa shape index (κ2) is 7.04. The summed E-state index contributed by atoms with van der Waals surface area (Å²) in [5, 5.41) is 4.41. The quantitative estimate of drug-likeness (QED) is 0.861. The number of hydrogen-bond donors (Lipinski definition) is 1. The monoisotopic (exact) mass is 275 g/mol. The SMILES string of the molecule is CCN(CC)CC(C)Nc1ncc(Cl)cc1Cl. The summed E-state index contributed by atoms with van der Waals surface area (Å²) in [7, 11) is 0. The first-order valence-electron chi connectivity index (χ1n) is 5.86. The second-order valence-electron chi connectivity index (χ2n) is 4.02. The van der Waals surface area contributed by atoms with Crippen molar-refractivity contribution in [3.63, 3.8) is 0 Å². The number of nitrogens with one attached hydrogen (secondary N) is 1. The molecule has 0 saturated heterocycles. The van der Waals surface area contributed by atoms with Gasteiger partial charge in [-0.3, -0.25) is 0 Å². The van der Waals surface area contributed by atoms with Crippen LogP contribution in [0.25, 0.3) is 0 Å². The minimum atomic E-state index is 0.293. The van der Waals surface area contributed by atoms with Crippen molar-refractivity contribution in [3.8, 4) is 0 Å². The zero-order valence-electron chi connectivity index (χ0n) is 10.5. The fourth-order valence-corrected chi connectivity index (χ4v) is 2.10. The molecule has 1 aromatic heterocycles. The molecule has 0 saturated carbocycles. The molecule has 17 heavy (non-hydrogen) atoms. The largest absolute Gasteiger partial charge is 0.365 e. The molecule has 1 heterocycles. The van der Waals surface area contributed by atoms with Gasteiger partial charge in [-0.2, -0.15) is 0 Å². The van der Waals surface area contributed by atoms with Gasteiger partial charge in [-0.05, 0) is 26.1 Å². The van der Waals surface area contributed by atoms with Gasteiger partial charge < -0.3 is 10.2 Å². The maximum atomic E-state index is 6.05. The van der Waals surface area contributed by atoms with Gasteiger partial charge in [0, 0.05) is 18.8 Å². The van der Waals surface area contributed by atoms with E-state index < -0.39 is 0 Å². The Kier molecular flexibility index (Phi) is 6.03. The van der Waals surface area contributed by atoms with E-state index in [9.17, 15) is 0 Å². The van der Waals surface area contributed by atoms with Crippen LogP contribution < -0.4 is 5.32 Å². The van der Waals surface area contributed by atoms with Crippen LogP contribution in [0, 0.1) is 0 Å². The summed E-state index contributed by atoms with van der Waals surface area (Å²) in [6.45, 7) is 9.49. The predicted octanol–water partition coefficient (Wildman–Crippen LogP) is 3.53. The molecule has 0 aromatic carbocycles. The molecular formula is C12H19Cl2N3. The Morgan fingerprint density at radius 1 is 1.35 bits per heavy atom. The van der Waals surface area contributed by atoms with Gasteiger partial charge in [0.05, 0.1) is 10.0 Å². The molecule has 0 bridgehead atoms. The van der Waals surface area contributed by atoms with E-state index in [2.05, 4.69) is 36.0 Å². The topological polar surface area (TPSA) is 28.2 Å².